The van der Waals surface area contributed by atoms with Crippen molar-refractivity contribution in [1.29, 1.82) is 0 Å². The van der Waals surface area contributed by atoms with Crippen molar-refractivity contribution < 1.29 is 19.1 Å². The zero-order valence-electron chi connectivity index (χ0n) is 18.6. The molecule has 33 heavy (non-hydrogen) atoms. The lowest BCUT2D eigenvalue weighted by molar-refractivity contribution is -0.121. The number of rotatable bonds is 8. The monoisotopic (exact) mass is 446 g/mol. The molecule has 1 unspecified atom stereocenters. The highest BCUT2D eigenvalue weighted by atomic mass is 16.5. The summed E-state index contributed by atoms with van der Waals surface area (Å²) in [5.74, 6) is -0.120. The van der Waals surface area contributed by atoms with Crippen molar-refractivity contribution in [3.05, 3.63) is 93.7 Å². The largest absolute Gasteiger partial charge is 0.507 e. The lowest BCUT2D eigenvalue weighted by atomic mass is 9.88. The van der Waals surface area contributed by atoms with Crippen LogP contribution in [0.1, 0.15) is 34.8 Å². The number of methoxy groups -OCH3 is 1. The van der Waals surface area contributed by atoms with Gasteiger partial charge in [-0.15, -0.1) is 0 Å². The third kappa shape index (κ3) is 4.92. The summed E-state index contributed by atoms with van der Waals surface area (Å²) >= 11 is 0. The molecular formula is C26H26N2O5. The molecule has 4 rings (SSSR count). The minimum absolute atomic E-state index is 0.0123. The van der Waals surface area contributed by atoms with Crippen molar-refractivity contribution in [2.45, 2.75) is 25.7 Å². The number of ether oxygens (including phenoxy) is 1. The molecule has 2 aromatic heterocycles. The first kappa shape index (κ1) is 22.2. The Balaban J connectivity index is 1.52. The molecule has 0 bridgehead atoms. The van der Waals surface area contributed by atoms with E-state index in [-0.39, 0.29) is 23.6 Å². The van der Waals surface area contributed by atoms with Crippen LogP contribution in [0.15, 0.2) is 70.0 Å². The molecule has 7 heteroatoms. The third-order valence-electron chi connectivity index (χ3n) is 5.74. The molecule has 0 aliphatic heterocycles. The van der Waals surface area contributed by atoms with E-state index >= 15 is 0 Å². The molecule has 0 aliphatic carbocycles. The highest BCUT2D eigenvalue weighted by Crippen LogP contribution is 2.33. The second-order valence-electron chi connectivity index (χ2n) is 7.93. The summed E-state index contributed by atoms with van der Waals surface area (Å²) in [4.78, 5) is 28.7. The van der Waals surface area contributed by atoms with Gasteiger partial charge in [-0.05, 0) is 42.7 Å². The number of aromatic amines is 1. The summed E-state index contributed by atoms with van der Waals surface area (Å²) in [5, 5.41) is 14.6. The van der Waals surface area contributed by atoms with Crippen LogP contribution in [-0.4, -0.2) is 29.7 Å². The number of amides is 1. The van der Waals surface area contributed by atoms with E-state index in [0.29, 0.717) is 30.0 Å². The molecule has 0 saturated heterocycles. The van der Waals surface area contributed by atoms with E-state index in [1.807, 2.05) is 30.5 Å². The SMILES string of the molecule is COc1ccc(C(CC(=O)NCCc2c[nH]c3ccccc23)c2c(O)cc(C)oc2=O)cc1. The van der Waals surface area contributed by atoms with Crippen LogP contribution < -0.4 is 15.7 Å². The molecule has 3 N–H and O–H groups in total. The van der Waals surface area contributed by atoms with Crippen molar-refractivity contribution in [2.75, 3.05) is 13.7 Å². The molecule has 7 nitrogen and oxygen atoms in total. The van der Waals surface area contributed by atoms with Crippen LogP contribution in [0.25, 0.3) is 10.9 Å². The maximum Gasteiger partial charge on any atom is 0.343 e. The van der Waals surface area contributed by atoms with Gasteiger partial charge in [0.15, 0.2) is 0 Å². The van der Waals surface area contributed by atoms with Gasteiger partial charge in [0, 0.05) is 42.0 Å². The van der Waals surface area contributed by atoms with Crippen molar-refractivity contribution in [3.8, 4) is 11.5 Å². The van der Waals surface area contributed by atoms with Crippen LogP contribution in [0.5, 0.6) is 11.5 Å². The first-order chi connectivity index (χ1) is 16.0. The number of benzene rings is 2. The minimum atomic E-state index is -0.666. The third-order valence-corrected chi connectivity index (χ3v) is 5.74. The quantitative estimate of drug-likeness (QED) is 0.379. The zero-order valence-corrected chi connectivity index (χ0v) is 18.6. The van der Waals surface area contributed by atoms with Crippen molar-refractivity contribution in [2.24, 2.45) is 0 Å². The van der Waals surface area contributed by atoms with Crippen LogP contribution in [0.3, 0.4) is 0 Å². The summed E-state index contributed by atoms with van der Waals surface area (Å²) in [6.07, 6.45) is 2.61. The predicted octanol–water partition coefficient (Wildman–Crippen LogP) is 4.02. The lowest BCUT2D eigenvalue weighted by Gasteiger charge is -2.18. The molecule has 2 aromatic carbocycles. The second-order valence-corrected chi connectivity index (χ2v) is 7.93. The predicted molar refractivity (Wildman–Crippen MR) is 126 cm³/mol. The molecule has 0 saturated carbocycles. The number of aromatic hydroxyl groups is 1. The van der Waals surface area contributed by atoms with Crippen molar-refractivity contribution >= 4 is 16.8 Å². The average Bonchev–Trinajstić information content (AvgIpc) is 3.21. The van der Waals surface area contributed by atoms with Gasteiger partial charge in [-0.3, -0.25) is 4.79 Å². The highest BCUT2D eigenvalue weighted by Gasteiger charge is 2.25. The number of hydrogen-bond donors (Lipinski definition) is 3. The summed E-state index contributed by atoms with van der Waals surface area (Å²) in [5.41, 5.74) is 2.29. The molecule has 1 amide bonds. The van der Waals surface area contributed by atoms with Crippen LogP contribution in [0.2, 0.25) is 0 Å². The van der Waals surface area contributed by atoms with E-state index in [1.54, 1.807) is 38.3 Å². The van der Waals surface area contributed by atoms with Crippen molar-refractivity contribution in [3.63, 3.8) is 0 Å². The molecule has 0 radical (unpaired) electrons. The summed E-state index contributed by atoms with van der Waals surface area (Å²) < 4.78 is 10.4. The Kier molecular flexibility index (Phi) is 6.49. The smallest absolute Gasteiger partial charge is 0.343 e. The summed E-state index contributed by atoms with van der Waals surface area (Å²) in [6.45, 7) is 2.04. The highest BCUT2D eigenvalue weighted by molar-refractivity contribution is 5.83. The molecule has 0 fully saturated rings. The Labute approximate surface area is 191 Å². The van der Waals surface area contributed by atoms with E-state index in [4.69, 9.17) is 9.15 Å². The fraction of sp³-hybridized carbons (Fsp3) is 0.231. The molecule has 1 atom stereocenters. The zero-order chi connectivity index (χ0) is 23.4. The average molecular weight is 447 g/mol. The number of aryl methyl sites for hydroxylation is 1. The first-order valence-electron chi connectivity index (χ1n) is 10.8. The Bertz CT molecular complexity index is 1320. The van der Waals surface area contributed by atoms with E-state index < -0.39 is 11.5 Å². The first-order valence-corrected chi connectivity index (χ1v) is 10.8. The summed E-state index contributed by atoms with van der Waals surface area (Å²) in [6, 6.07) is 16.5. The summed E-state index contributed by atoms with van der Waals surface area (Å²) in [7, 11) is 1.56. The minimum Gasteiger partial charge on any atom is -0.507 e. The number of carbonyl (C=O) groups is 1. The van der Waals surface area contributed by atoms with E-state index in [9.17, 15) is 14.7 Å². The van der Waals surface area contributed by atoms with Gasteiger partial charge in [-0.25, -0.2) is 4.79 Å². The molecular weight excluding hydrogens is 420 g/mol. The number of hydrogen-bond acceptors (Lipinski definition) is 5. The Morgan fingerprint density at radius 2 is 1.94 bits per heavy atom. The Hall–Kier alpha value is -4.00. The van der Waals surface area contributed by atoms with Gasteiger partial charge in [-0.1, -0.05) is 30.3 Å². The number of carbonyl (C=O) groups excluding carboxylic acids is 1. The van der Waals surface area contributed by atoms with Gasteiger partial charge in [0.05, 0.1) is 12.7 Å². The van der Waals surface area contributed by atoms with Crippen LogP contribution >= 0.6 is 0 Å². The van der Waals surface area contributed by atoms with Gasteiger partial charge in [-0.2, -0.15) is 0 Å². The molecule has 170 valence electrons. The number of para-hydroxylation sites is 1. The molecule has 0 aliphatic rings. The fourth-order valence-electron chi connectivity index (χ4n) is 4.08. The Morgan fingerprint density at radius 3 is 2.67 bits per heavy atom. The number of H-pyrrole nitrogens is 1. The normalized spacial score (nSPS) is 11.9. The maximum absolute atomic E-state index is 12.8. The second kappa shape index (κ2) is 9.65. The Morgan fingerprint density at radius 1 is 1.18 bits per heavy atom. The van der Waals surface area contributed by atoms with Gasteiger partial charge in [0.2, 0.25) is 5.91 Å². The van der Waals surface area contributed by atoms with Crippen LogP contribution in [-0.2, 0) is 11.2 Å². The van der Waals surface area contributed by atoms with E-state index in [1.165, 1.54) is 6.07 Å². The van der Waals surface area contributed by atoms with Crippen molar-refractivity contribution in [1.82, 2.24) is 10.3 Å². The lowest BCUT2D eigenvalue weighted by Crippen LogP contribution is -2.28. The standard InChI is InChI=1S/C26H26N2O5/c1-16-13-23(29)25(26(31)33-16)21(17-7-9-19(32-2)10-8-17)14-24(30)27-12-11-18-15-28-22-6-4-3-5-20(18)22/h3-10,13,15,21,28-29H,11-12,14H2,1-2H3,(H,27,30). The molecule has 4 aromatic rings. The number of nitrogens with one attached hydrogen (secondary N) is 2. The molecule has 2 heterocycles. The van der Waals surface area contributed by atoms with Gasteiger partial charge >= 0.3 is 5.63 Å². The fourth-order valence-corrected chi connectivity index (χ4v) is 4.08. The topological polar surface area (TPSA) is 105 Å². The van der Waals surface area contributed by atoms with Gasteiger partial charge in [0.25, 0.3) is 0 Å². The van der Waals surface area contributed by atoms with Gasteiger partial charge < -0.3 is 24.6 Å². The number of aromatic nitrogens is 1. The van der Waals surface area contributed by atoms with E-state index in [0.717, 1.165) is 16.5 Å². The number of fused-ring (bicyclic) bond motifs is 1. The maximum atomic E-state index is 12.8. The van der Waals surface area contributed by atoms with Crippen LogP contribution in [0, 0.1) is 6.92 Å². The molecule has 0 spiro atoms. The van der Waals surface area contributed by atoms with Crippen LogP contribution in [0.4, 0.5) is 0 Å². The van der Waals surface area contributed by atoms with Gasteiger partial charge in [0.1, 0.15) is 17.3 Å². The van der Waals surface area contributed by atoms with E-state index in [2.05, 4.69) is 10.3 Å².